The van der Waals surface area contributed by atoms with Gasteiger partial charge in [-0.3, -0.25) is 0 Å². The Balaban J connectivity index is 1.12. The van der Waals surface area contributed by atoms with Crippen LogP contribution < -0.4 is 0 Å². The van der Waals surface area contributed by atoms with Crippen molar-refractivity contribution in [2.45, 2.75) is 0 Å². The standard InChI is InChI=1S/C67H43N3/c68-44-53-25-13-14-26-55(53)56-27-15-16-28-57(56)58-34-33-54(69-63-35-29-49(45-17-5-1-6-18-45)39-59(63)60-40-50(30-36-64(60)69)46-19-7-2-8-20-46)43-67(58)70-65-37-31-51(47-21-9-3-10-22-47)41-61(65)62-42-52(32-38-66(62)70)48-23-11-4-12-24-48/h1-43H. The van der Waals surface area contributed by atoms with E-state index in [0.717, 1.165) is 55.7 Å². The van der Waals surface area contributed by atoms with E-state index in [1.807, 2.05) is 18.2 Å². The Morgan fingerprint density at radius 3 is 1.00 bits per heavy atom. The molecule has 0 spiro atoms. The molecule has 13 rings (SSSR count). The highest BCUT2D eigenvalue weighted by Gasteiger charge is 2.22. The molecule has 13 aromatic rings. The van der Waals surface area contributed by atoms with Gasteiger partial charge in [0.1, 0.15) is 0 Å². The van der Waals surface area contributed by atoms with Crippen LogP contribution in [0.1, 0.15) is 5.56 Å². The molecule has 0 saturated carbocycles. The molecule has 0 N–H and O–H groups in total. The molecule has 11 aromatic carbocycles. The Kier molecular flexibility index (Phi) is 9.89. The van der Waals surface area contributed by atoms with E-state index >= 15 is 0 Å². The predicted octanol–water partition coefficient (Wildman–Crippen LogP) is 17.8. The Morgan fingerprint density at radius 2 is 0.600 bits per heavy atom. The van der Waals surface area contributed by atoms with Crippen molar-refractivity contribution in [3.05, 3.63) is 266 Å². The number of hydrogen-bond acceptors (Lipinski definition) is 1. The van der Waals surface area contributed by atoms with Crippen molar-refractivity contribution in [2.75, 3.05) is 0 Å². The Morgan fingerprint density at radius 1 is 0.257 bits per heavy atom. The third-order valence-electron chi connectivity index (χ3n) is 14.0. The number of nitriles is 1. The second-order valence-corrected chi connectivity index (χ2v) is 18.0. The topological polar surface area (TPSA) is 33.6 Å². The van der Waals surface area contributed by atoms with Gasteiger partial charge in [-0.15, -0.1) is 0 Å². The van der Waals surface area contributed by atoms with Crippen LogP contribution >= 0.6 is 0 Å². The number of fused-ring (bicyclic) bond motifs is 6. The first-order valence-corrected chi connectivity index (χ1v) is 23.8. The molecule has 0 amide bonds. The molecule has 0 aliphatic rings. The van der Waals surface area contributed by atoms with Crippen molar-refractivity contribution in [3.8, 4) is 84.2 Å². The highest BCUT2D eigenvalue weighted by molar-refractivity contribution is 6.14. The third kappa shape index (κ3) is 6.90. The minimum absolute atomic E-state index is 0.641. The Hall–Kier alpha value is -9.49. The number of aromatic nitrogens is 2. The van der Waals surface area contributed by atoms with E-state index in [1.165, 1.54) is 66.1 Å². The molecular formula is C67H43N3. The van der Waals surface area contributed by atoms with Crippen LogP contribution in [0.25, 0.3) is 122 Å². The minimum Gasteiger partial charge on any atom is -0.309 e. The van der Waals surface area contributed by atoms with Gasteiger partial charge in [0.25, 0.3) is 0 Å². The molecule has 0 unspecified atom stereocenters. The Bertz CT molecular complexity index is 3960. The van der Waals surface area contributed by atoms with Crippen LogP contribution in [0.2, 0.25) is 0 Å². The summed E-state index contributed by atoms with van der Waals surface area (Å²) in [4.78, 5) is 0. The molecule has 0 bridgehead atoms. The fraction of sp³-hybridized carbons (Fsp3) is 0. The lowest BCUT2D eigenvalue weighted by atomic mass is 9.91. The summed E-state index contributed by atoms with van der Waals surface area (Å²) in [7, 11) is 0. The van der Waals surface area contributed by atoms with Crippen molar-refractivity contribution >= 4 is 43.6 Å². The smallest absolute Gasteiger partial charge is 0.0998 e. The van der Waals surface area contributed by atoms with Crippen molar-refractivity contribution < 1.29 is 0 Å². The van der Waals surface area contributed by atoms with Crippen LogP contribution in [0.15, 0.2) is 261 Å². The molecule has 70 heavy (non-hydrogen) atoms. The molecule has 0 aliphatic heterocycles. The van der Waals surface area contributed by atoms with E-state index in [4.69, 9.17) is 0 Å². The molecule has 0 radical (unpaired) electrons. The van der Waals surface area contributed by atoms with Gasteiger partial charge in [0.05, 0.1) is 39.4 Å². The largest absolute Gasteiger partial charge is 0.309 e. The zero-order chi connectivity index (χ0) is 46.5. The summed E-state index contributed by atoms with van der Waals surface area (Å²) in [6.45, 7) is 0. The zero-order valence-corrected chi connectivity index (χ0v) is 38.2. The Labute approximate surface area is 406 Å². The van der Waals surface area contributed by atoms with Crippen molar-refractivity contribution in [1.29, 1.82) is 5.26 Å². The SMILES string of the molecule is N#Cc1ccccc1-c1ccccc1-c1ccc(-n2c3ccc(-c4ccccc4)cc3c3cc(-c4ccccc4)ccc32)cc1-n1c2ccc(-c3ccccc3)cc2c2cc(-c3ccccc3)ccc21. The van der Waals surface area contributed by atoms with Gasteiger partial charge in [0.2, 0.25) is 0 Å². The molecular weight excluding hydrogens is 847 g/mol. The van der Waals surface area contributed by atoms with Crippen molar-refractivity contribution in [1.82, 2.24) is 9.13 Å². The van der Waals surface area contributed by atoms with Gasteiger partial charge in [-0.05, 0) is 122 Å². The molecule has 2 heterocycles. The van der Waals surface area contributed by atoms with Crippen LogP contribution in [0.3, 0.4) is 0 Å². The van der Waals surface area contributed by atoms with Gasteiger partial charge < -0.3 is 9.13 Å². The zero-order valence-electron chi connectivity index (χ0n) is 38.2. The second kappa shape index (κ2) is 17.0. The average molecular weight is 890 g/mol. The monoisotopic (exact) mass is 889 g/mol. The van der Waals surface area contributed by atoms with Crippen LogP contribution in [0.5, 0.6) is 0 Å². The number of rotatable bonds is 8. The second-order valence-electron chi connectivity index (χ2n) is 18.0. The maximum Gasteiger partial charge on any atom is 0.0998 e. The van der Waals surface area contributed by atoms with Gasteiger partial charge in [-0.25, -0.2) is 0 Å². The maximum absolute atomic E-state index is 10.4. The van der Waals surface area contributed by atoms with Crippen LogP contribution in [0, 0.1) is 11.3 Å². The van der Waals surface area contributed by atoms with Crippen LogP contribution in [0.4, 0.5) is 0 Å². The molecule has 2 aromatic heterocycles. The highest BCUT2D eigenvalue weighted by atomic mass is 15.0. The van der Waals surface area contributed by atoms with Gasteiger partial charge in [-0.2, -0.15) is 5.26 Å². The molecule has 326 valence electrons. The molecule has 3 nitrogen and oxygen atoms in total. The summed E-state index contributed by atoms with van der Waals surface area (Å²) < 4.78 is 4.90. The minimum atomic E-state index is 0.641. The fourth-order valence-electron chi connectivity index (χ4n) is 10.7. The molecule has 0 aliphatic carbocycles. The van der Waals surface area contributed by atoms with Gasteiger partial charge in [-0.1, -0.05) is 194 Å². The lowest BCUT2D eigenvalue weighted by Gasteiger charge is -2.20. The molecule has 3 heteroatoms. The summed E-state index contributed by atoms with van der Waals surface area (Å²) in [6.07, 6.45) is 0. The van der Waals surface area contributed by atoms with E-state index in [9.17, 15) is 5.26 Å². The van der Waals surface area contributed by atoms with E-state index in [1.54, 1.807) is 0 Å². The summed E-state index contributed by atoms with van der Waals surface area (Å²) in [5.74, 6) is 0. The predicted molar refractivity (Wildman–Crippen MR) is 292 cm³/mol. The van der Waals surface area contributed by atoms with Gasteiger partial charge >= 0.3 is 0 Å². The highest BCUT2D eigenvalue weighted by Crippen LogP contribution is 2.44. The lowest BCUT2D eigenvalue weighted by molar-refractivity contribution is 1.14. The first kappa shape index (κ1) is 40.8. The number of hydrogen-bond donors (Lipinski definition) is 0. The molecule has 0 atom stereocenters. The third-order valence-corrected chi connectivity index (χ3v) is 14.0. The van der Waals surface area contributed by atoms with Crippen LogP contribution in [-0.4, -0.2) is 9.13 Å². The van der Waals surface area contributed by atoms with E-state index in [-0.39, 0.29) is 0 Å². The van der Waals surface area contributed by atoms with E-state index in [2.05, 4.69) is 258 Å². The average Bonchev–Trinajstić information content (AvgIpc) is 3.95. The van der Waals surface area contributed by atoms with Crippen LogP contribution in [-0.2, 0) is 0 Å². The van der Waals surface area contributed by atoms with Gasteiger partial charge in [0.15, 0.2) is 0 Å². The summed E-state index contributed by atoms with van der Waals surface area (Å²) in [6, 6.07) is 96.2. The van der Waals surface area contributed by atoms with E-state index < -0.39 is 0 Å². The lowest BCUT2D eigenvalue weighted by Crippen LogP contribution is -2.02. The van der Waals surface area contributed by atoms with E-state index in [0.29, 0.717) is 5.56 Å². The molecule has 0 saturated heterocycles. The normalized spacial score (nSPS) is 11.4. The summed E-state index contributed by atoms with van der Waals surface area (Å²) in [5.41, 5.74) is 20.6. The first-order chi connectivity index (χ1) is 34.7. The summed E-state index contributed by atoms with van der Waals surface area (Å²) in [5, 5.41) is 15.1. The summed E-state index contributed by atoms with van der Waals surface area (Å²) >= 11 is 0. The van der Waals surface area contributed by atoms with Crippen molar-refractivity contribution in [2.24, 2.45) is 0 Å². The number of benzene rings is 11. The maximum atomic E-state index is 10.4. The fourth-order valence-corrected chi connectivity index (χ4v) is 10.7. The quantitative estimate of drug-likeness (QED) is 0.150. The first-order valence-electron chi connectivity index (χ1n) is 23.8. The molecule has 0 fully saturated rings. The van der Waals surface area contributed by atoms with Crippen molar-refractivity contribution in [3.63, 3.8) is 0 Å². The van der Waals surface area contributed by atoms with Gasteiger partial charge in [0, 0.05) is 38.4 Å². The number of nitrogens with zero attached hydrogens (tertiary/aromatic N) is 3.